The van der Waals surface area contributed by atoms with E-state index in [4.69, 9.17) is 0 Å². The molecule has 0 spiro atoms. The molecule has 2 aromatic carbocycles. The summed E-state index contributed by atoms with van der Waals surface area (Å²) in [4.78, 5) is 0. The Morgan fingerprint density at radius 2 is 1.56 bits per heavy atom. The second-order valence-corrected chi connectivity index (χ2v) is 3.89. The topological polar surface area (TPSA) is 40.5 Å². The Balaban J connectivity index is 2.82. The number of phenolic OH excluding ortho intramolecular Hbond substituents is 2. The van der Waals surface area contributed by atoms with Gasteiger partial charge in [-0.25, -0.2) is 0 Å². The molecule has 2 nitrogen and oxygen atoms in total. The molecule has 2 aromatic rings. The quantitative estimate of drug-likeness (QED) is 0.846. The maximum absolute atomic E-state index is 10.0. The van der Waals surface area contributed by atoms with Gasteiger partial charge in [0.2, 0.25) is 0 Å². The Morgan fingerprint density at radius 1 is 0.833 bits per heavy atom. The van der Waals surface area contributed by atoms with E-state index in [2.05, 4.69) is 13.2 Å². The molecule has 0 amide bonds. The summed E-state index contributed by atoms with van der Waals surface area (Å²) in [6.45, 7) is 7.49. The first kappa shape index (κ1) is 12.0. The van der Waals surface area contributed by atoms with Crippen LogP contribution in [-0.4, -0.2) is 10.2 Å². The van der Waals surface area contributed by atoms with E-state index < -0.39 is 0 Å². The number of benzene rings is 2. The van der Waals surface area contributed by atoms with Gasteiger partial charge in [0, 0.05) is 11.1 Å². The van der Waals surface area contributed by atoms with E-state index >= 15 is 0 Å². The van der Waals surface area contributed by atoms with Crippen molar-refractivity contribution in [2.24, 2.45) is 0 Å². The lowest BCUT2D eigenvalue weighted by atomic mass is 9.94. The largest absolute Gasteiger partial charge is 0.507 e. The molecule has 90 valence electrons. The second kappa shape index (κ2) is 4.80. The van der Waals surface area contributed by atoms with Crippen molar-refractivity contribution in [3.63, 3.8) is 0 Å². The first-order chi connectivity index (χ1) is 8.69. The molecule has 0 saturated carbocycles. The highest BCUT2D eigenvalue weighted by atomic mass is 16.3. The maximum Gasteiger partial charge on any atom is 0.124 e. The van der Waals surface area contributed by atoms with E-state index in [-0.39, 0.29) is 11.5 Å². The predicted molar refractivity (Wildman–Crippen MR) is 75.4 cm³/mol. The third-order valence-corrected chi connectivity index (χ3v) is 2.85. The van der Waals surface area contributed by atoms with Gasteiger partial charge in [-0.15, -0.1) is 0 Å². The molecule has 0 heterocycles. The van der Waals surface area contributed by atoms with E-state index in [9.17, 15) is 10.2 Å². The van der Waals surface area contributed by atoms with Crippen LogP contribution in [0.25, 0.3) is 23.3 Å². The minimum atomic E-state index is 0.108. The first-order valence-corrected chi connectivity index (χ1v) is 5.58. The molecule has 0 atom stereocenters. The number of phenols is 2. The monoisotopic (exact) mass is 238 g/mol. The van der Waals surface area contributed by atoms with Gasteiger partial charge in [0.25, 0.3) is 0 Å². The van der Waals surface area contributed by atoms with E-state index in [1.807, 2.05) is 6.07 Å². The van der Waals surface area contributed by atoms with Crippen molar-refractivity contribution in [2.45, 2.75) is 0 Å². The van der Waals surface area contributed by atoms with Crippen molar-refractivity contribution in [1.82, 2.24) is 0 Å². The van der Waals surface area contributed by atoms with E-state index in [1.165, 1.54) is 0 Å². The Bertz CT molecular complexity index is 612. The van der Waals surface area contributed by atoms with Crippen molar-refractivity contribution < 1.29 is 10.2 Å². The fourth-order valence-electron chi connectivity index (χ4n) is 1.99. The molecule has 0 aliphatic heterocycles. The van der Waals surface area contributed by atoms with Gasteiger partial charge in [-0.05, 0) is 23.3 Å². The maximum atomic E-state index is 10.0. The average molecular weight is 238 g/mol. The van der Waals surface area contributed by atoms with Gasteiger partial charge in [-0.3, -0.25) is 0 Å². The highest BCUT2D eigenvalue weighted by molar-refractivity contribution is 5.86. The van der Waals surface area contributed by atoms with Crippen LogP contribution in [-0.2, 0) is 0 Å². The molecule has 0 aliphatic rings. The van der Waals surface area contributed by atoms with Crippen LogP contribution in [0.15, 0.2) is 49.6 Å². The summed E-state index contributed by atoms with van der Waals surface area (Å²) in [6.07, 6.45) is 3.35. The molecule has 0 aromatic heterocycles. The summed E-state index contributed by atoms with van der Waals surface area (Å²) in [5, 5.41) is 19.9. The molecule has 0 unspecified atom stereocenters. The van der Waals surface area contributed by atoms with Crippen molar-refractivity contribution in [3.05, 3.63) is 60.7 Å². The van der Waals surface area contributed by atoms with Crippen LogP contribution in [0.3, 0.4) is 0 Å². The summed E-state index contributed by atoms with van der Waals surface area (Å²) in [7, 11) is 0. The lowest BCUT2D eigenvalue weighted by Gasteiger charge is -2.13. The minimum Gasteiger partial charge on any atom is -0.507 e. The molecule has 2 N–H and O–H groups in total. The summed E-state index contributed by atoms with van der Waals surface area (Å²) in [6, 6.07) is 10.2. The SMILES string of the molecule is C=Cc1ccc(O)c(-c2ccccc2O)c1C=C. The average Bonchev–Trinajstić information content (AvgIpc) is 2.39. The van der Waals surface area contributed by atoms with Gasteiger partial charge < -0.3 is 10.2 Å². The van der Waals surface area contributed by atoms with Crippen LogP contribution < -0.4 is 0 Å². The molecule has 18 heavy (non-hydrogen) atoms. The molecule has 0 saturated heterocycles. The number of para-hydroxylation sites is 1. The number of hydrogen-bond donors (Lipinski definition) is 2. The van der Waals surface area contributed by atoms with E-state index in [1.54, 1.807) is 42.5 Å². The van der Waals surface area contributed by atoms with Gasteiger partial charge in [0.05, 0.1) is 0 Å². The zero-order valence-corrected chi connectivity index (χ0v) is 9.93. The molecule has 0 radical (unpaired) electrons. The van der Waals surface area contributed by atoms with Gasteiger partial charge >= 0.3 is 0 Å². The third-order valence-electron chi connectivity index (χ3n) is 2.85. The van der Waals surface area contributed by atoms with Crippen LogP contribution in [0.1, 0.15) is 11.1 Å². The Hall–Kier alpha value is -2.48. The standard InChI is InChI=1S/C16H14O2/c1-3-11-9-10-15(18)16(12(11)4-2)13-7-5-6-8-14(13)17/h3-10,17-18H,1-2H2. The van der Waals surface area contributed by atoms with Crippen molar-refractivity contribution in [2.75, 3.05) is 0 Å². The number of hydrogen-bond acceptors (Lipinski definition) is 2. The Kier molecular flexibility index (Phi) is 3.20. The zero-order chi connectivity index (χ0) is 13.1. The molecule has 2 heteroatoms. The molecule has 0 bridgehead atoms. The van der Waals surface area contributed by atoms with Gasteiger partial charge in [-0.2, -0.15) is 0 Å². The van der Waals surface area contributed by atoms with Crippen LogP contribution in [0.2, 0.25) is 0 Å². The van der Waals surface area contributed by atoms with Crippen molar-refractivity contribution in [1.29, 1.82) is 0 Å². The summed E-state index contributed by atoms with van der Waals surface area (Å²) >= 11 is 0. The highest BCUT2D eigenvalue weighted by Gasteiger charge is 2.14. The molecule has 2 rings (SSSR count). The van der Waals surface area contributed by atoms with Crippen LogP contribution in [0, 0.1) is 0 Å². The Morgan fingerprint density at radius 3 is 2.17 bits per heavy atom. The van der Waals surface area contributed by atoms with Crippen LogP contribution in [0.4, 0.5) is 0 Å². The number of rotatable bonds is 3. The molecular weight excluding hydrogens is 224 g/mol. The minimum absolute atomic E-state index is 0.108. The highest BCUT2D eigenvalue weighted by Crippen LogP contribution is 2.39. The molecular formula is C16H14O2. The van der Waals surface area contributed by atoms with Crippen molar-refractivity contribution >= 4 is 12.2 Å². The summed E-state index contributed by atoms with van der Waals surface area (Å²) in [5.74, 6) is 0.231. The molecule has 0 aliphatic carbocycles. The van der Waals surface area contributed by atoms with Crippen LogP contribution >= 0.6 is 0 Å². The summed E-state index contributed by atoms with van der Waals surface area (Å²) < 4.78 is 0. The number of aromatic hydroxyl groups is 2. The van der Waals surface area contributed by atoms with E-state index in [0.29, 0.717) is 11.1 Å². The van der Waals surface area contributed by atoms with Crippen molar-refractivity contribution in [3.8, 4) is 22.6 Å². The molecule has 0 fully saturated rings. The first-order valence-electron chi connectivity index (χ1n) is 5.58. The summed E-state index contributed by atoms with van der Waals surface area (Å²) in [5.41, 5.74) is 2.77. The normalized spacial score (nSPS) is 10.0. The lowest BCUT2D eigenvalue weighted by Crippen LogP contribution is -1.89. The fourth-order valence-corrected chi connectivity index (χ4v) is 1.99. The fraction of sp³-hybridized carbons (Fsp3) is 0. The zero-order valence-electron chi connectivity index (χ0n) is 9.93. The van der Waals surface area contributed by atoms with Crippen LogP contribution in [0.5, 0.6) is 11.5 Å². The van der Waals surface area contributed by atoms with Gasteiger partial charge in [0.15, 0.2) is 0 Å². The van der Waals surface area contributed by atoms with Gasteiger partial charge in [-0.1, -0.05) is 49.6 Å². The predicted octanol–water partition coefficient (Wildman–Crippen LogP) is 4.05. The second-order valence-electron chi connectivity index (χ2n) is 3.89. The Labute approximate surface area is 106 Å². The van der Waals surface area contributed by atoms with Gasteiger partial charge in [0.1, 0.15) is 11.5 Å². The third kappa shape index (κ3) is 1.89. The van der Waals surface area contributed by atoms with E-state index in [0.717, 1.165) is 11.1 Å². The lowest BCUT2D eigenvalue weighted by molar-refractivity contribution is 0.469. The smallest absolute Gasteiger partial charge is 0.124 e.